The molecule has 1 amide bonds. The quantitative estimate of drug-likeness (QED) is 0.368. The third-order valence-corrected chi connectivity index (χ3v) is 3.04. The zero-order valence-electron chi connectivity index (χ0n) is 11.7. The van der Waals surface area contributed by atoms with Crippen molar-refractivity contribution in [3.63, 3.8) is 0 Å². The van der Waals surface area contributed by atoms with Gasteiger partial charge in [-0.2, -0.15) is 0 Å². The Morgan fingerprint density at radius 3 is 2.90 bits per heavy atom. The van der Waals surface area contributed by atoms with E-state index in [1.165, 1.54) is 6.07 Å². The molecule has 0 saturated heterocycles. The van der Waals surface area contributed by atoms with Crippen LogP contribution in [-0.2, 0) is 4.79 Å². The van der Waals surface area contributed by atoms with Crippen LogP contribution in [0.25, 0.3) is 11.0 Å². The second-order valence-electron chi connectivity index (χ2n) is 4.77. The molecule has 0 aliphatic heterocycles. The number of fused-ring (bicyclic) bond motifs is 1. The average Bonchev–Trinajstić information content (AvgIpc) is 2.45. The predicted molar refractivity (Wildman–Crippen MR) is 76.5 cm³/mol. The summed E-state index contributed by atoms with van der Waals surface area (Å²) in [5.74, 6) is 0.0594. The Hall–Kier alpha value is -2.34. The van der Waals surface area contributed by atoms with Crippen LogP contribution in [0.4, 0.5) is 0 Å². The molecular formula is C15H17NO5. The van der Waals surface area contributed by atoms with E-state index in [0.29, 0.717) is 30.8 Å². The number of hydrogen-bond donors (Lipinski definition) is 2. The Balaban J connectivity index is 2.02. The molecule has 112 valence electrons. The first-order valence-corrected chi connectivity index (χ1v) is 6.70. The van der Waals surface area contributed by atoms with Crippen LogP contribution in [0, 0.1) is 6.92 Å². The van der Waals surface area contributed by atoms with E-state index in [2.05, 4.69) is 0 Å². The summed E-state index contributed by atoms with van der Waals surface area (Å²) in [6.45, 7) is 2.30. The van der Waals surface area contributed by atoms with E-state index in [-0.39, 0.29) is 6.42 Å². The van der Waals surface area contributed by atoms with Crippen molar-refractivity contribution in [1.82, 2.24) is 5.48 Å². The summed E-state index contributed by atoms with van der Waals surface area (Å²) in [7, 11) is 0. The van der Waals surface area contributed by atoms with Crippen molar-refractivity contribution in [1.29, 1.82) is 0 Å². The SMILES string of the molecule is Cc1ccc2c(OCCCCC(=O)NO)cc(=O)oc2c1. The summed E-state index contributed by atoms with van der Waals surface area (Å²) in [4.78, 5) is 22.3. The van der Waals surface area contributed by atoms with Gasteiger partial charge in [-0.1, -0.05) is 6.07 Å². The highest BCUT2D eigenvalue weighted by molar-refractivity contribution is 5.83. The Labute approximate surface area is 121 Å². The van der Waals surface area contributed by atoms with Crippen LogP contribution in [0.1, 0.15) is 24.8 Å². The molecule has 0 atom stereocenters. The monoisotopic (exact) mass is 291 g/mol. The number of benzene rings is 1. The summed E-state index contributed by atoms with van der Waals surface area (Å²) < 4.78 is 10.7. The number of amides is 1. The lowest BCUT2D eigenvalue weighted by Gasteiger charge is -2.08. The van der Waals surface area contributed by atoms with E-state index >= 15 is 0 Å². The number of hydroxylamine groups is 1. The molecule has 2 N–H and O–H groups in total. The Bertz CT molecular complexity index is 692. The number of carbonyl (C=O) groups excluding carboxylic acids is 1. The highest BCUT2D eigenvalue weighted by Gasteiger charge is 2.07. The van der Waals surface area contributed by atoms with Gasteiger partial charge in [-0.3, -0.25) is 10.0 Å². The molecule has 1 aromatic carbocycles. The maximum atomic E-state index is 11.5. The van der Waals surface area contributed by atoms with Crippen LogP contribution in [0.3, 0.4) is 0 Å². The van der Waals surface area contributed by atoms with Crippen molar-refractivity contribution in [3.05, 3.63) is 40.2 Å². The highest BCUT2D eigenvalue weighted by Crippen LogP contribution is 2.24. The van der Waals surface area contributed by atoms with Gasteiger partial charge in [0.05, 0.1) is 18.1 Å². The number of hydrogen-bond acceptors (Lipinski definition) is 5. The van der Waals surface area contributed by atoms with Crippen LogP contribution in [0.5, 0.6) is 5.75 Å². The van der Waals surface area contributed by atoms with Gasteiger partial charge in [0.25, 0.3) is 0 Å². The van der Waals surface area contributed by atoms with Crippen molar-refractivity contribution in [2.24, 2.45) is 0 Å². The zero-order valence-corrected chi connectivity index (χ0v) is 11.7. The normalized spacial score (nSPS) is 10.6. The Kier molecular flexibility index (Phi) is 4.94. The van der Waals surface area contributed by atoms with Gasteiger partial charge in [0, 0.05) is 6.42 Å². The van der Waals surface area contributed by atoms with Crippen molar-refractivity contribution in [2.75, 3.05) is 6.61 Å². The maximum absolute atomic E-state index is 11.5. The molecule has 0 fully saturated rings. The lowest BCUT2D eigenvalue weighted by molar-refractivity contribution is -0.129. The largest absolute Gasteiger partial charge is 0.493 e. The number of aryl methyl sites for hydroxylation is 1. The topological polar surface area (TPSA) is 88.8 Å². The minimum Gasteiger partial charge on any atom is -0.493 e. The van der Waals surface area contributed by atoms with Gasteiger partial charge in [-0.15, -0.1) is 0 Å². The molecule has 1 aromatic heterocycles. The fourth-order valence-electron chi connectivity index (χ4n) is 1.99. The summed E-state index contributed by atoms with van der Waals surface area (Å²) in [6.07, 6.45) is 1.46. The molecule has 2 aromatic rings. The van der Waals surface area contributed by atoms with Crippen molar-refractivity contribution >= 4 is 16.9 Å². The van der Waals surface area contributed by atoms with E-state index in [4.69, 9.17) is 14.4 Å². The molecule has 0 aliphatic carbocycles. The predicted octanol–water partition coefficient (Wildman–Crippen LogP) is 2.16. The molecule has 0 bridgehead atoms. The van der Waals surface area contributed by atoms with Gasteiger partial charge in [-0.05, 0) is 37.5 Å². The minimum absolute atomic E-state index is 0.233. The van der Waals surface area contributed by atoms with Crippen LogP contribution < -0.4 is 15.8 Å². The summed E-state index contributed by atoms with van der Waals surface area (Å²) in [5.41, 5.74) is 2.62. The summed E-state index contributed by atoms with van der Waals surface area (Å²) in [6, 6.07) is 6.87. The minimum atomic E-state index is -0.456. The number of rotatable bonds is 6. The van der Waals surface area contributed by atoms with Crippen LogP contribution in [0.2, 0.25) is 0 Å². The van der Waals surface area contributed by atoms with E-state index < -0.39 is 11.5 Å². The molecule has 6 nitrogen and oxygen atoms in total. The van der Waals surface area contributed by atoms with Gasteiger partial charge in [0.2, 0.25) is 5.91 Å². The molecular weight excluding hydrogens is 274 g/mol. The molecule has 1 heterocycles. The molecule has 0 saturated carbocycles. The molecule has 0 spiro atoms. The van der Waals surface area contributed by atoms with Gasteiger partial charge in [0.1, 0.15) is 11.3 Å². The lowest BCUT2D eigenvalue weighted by atomic mass is 10.1. The average molecular weight is 291 g/mol. The number of ether oxygens (including phenoxy) is 1. The van der Waals surface area contributed by atoms with E-state index in [9.17, 15) is 9.59 Å². The molecule has 21 heavy (non-hydrogen) atoms. The summed E-state index contributed by atoms with van der Waals surface area (Å²) >= 11 is 0. The third kappa shape index (κ3) is 4.06. The smallest absolute Gasteiger partial charge is 0.339 e. The van der Waals surface area contributed by atoms with Crippen LogP contribution >= 0.6 is 0 Å². The van der Waals surface area contributed by atoms with Crippen molar-refractivity contribution in [2.45, 2.75) is 26.2 Å². The van der Waals surface area contributed by atoms with Gasteiger partial charge in [0.15, 0.2) is 0 Å². The molecule has 0 aliphatic rings. The van der Waals surface area contributed by atoms with Gasteiger partial charge in [-0.25, -0.2) is 10.3 Å². The molecule has 0 radical (unpaired) electrons. The highest BCUT2D eigenvalue weighted by atomic mass is 16.5. The lowest BCUT2D eigenvalue weighted by Crippen LogP contribution is -2.18. The van der Waals surface area contributed by atoms with E-state index in [1.54, 1.807) is 11.5 Å². The molecule has 2 rings (SSSR count). The van der Waals surface area contributed by atoms with Gasteiger partial charge < -0.3 is 9.15 Å². The fraction of sp³-hybridized carbons (Fsp3) is 0.333. The first-order chi connectivity index (χ1) is 10.1. The first kappa shape index (κ1) is 15.1. The second-order valence-corrected chi connectivity index (χ2v) is 4.77. The zero-order chi connectivity index (χ0) is 15.2. The Morgan fingerprint density at radius 2 is 2.14 bits per heavy atom. The Morgan fingerprint density at radius 1 is 1.33 bits per heavy atom. The maximum Gasteiger partial charge on any atom is 0.339 e. The summed E-state index contributed by atoms with van der Waals surface area (Å²) in [5, 5.41) is 9.11. The number of carbonyl (C=O) groups is 1. The van der Waals surface area contributed by atoms with Gasteiger partial charge >= 0.3 is 5.63 Å². The van der Waals surface area contributed by atoms with Crippen molar-refractivity contribution in [3.8, 4) is 5.75 Å². The third-order valence-electron chi connectivity index (χ3n) is 3.04. The van der Waals surface area contributed by atoms with Crippen LogP contribution in [0.15, 0.2) is 33.5 Å². The fourth-order valence-corrected chi connectivity index (χ4v) is 1.99. The standard InChI is InChI=1S/C15H17NO5/c1-10-5-6-11-12(9-15(18)21-13(11)8-10)20-7-3-2-4-14(17)16-19/h5-6,8-9,19H,2-4,7H2,1H3,(H,16,17). The first-order valence-electron chi connectivity index (χ1n) is 6.70. The van der Waals surface area contributed by atoms with Crippen LogP contribution in [-0.4, -0.2) is 17.7 Å². The van der Waals surface area contributed by atoms with Crippen molar-refractivity contribution < 1.29 is 19.2 Å². The second kappa shape index (κ2) is 6.90. The van der Waals surface area contributed by atoms with E-state index in [1.807, 2.05) is 19.1 Å². The number of nitrogens with one attached hydrogen (secondary N) is 1. The molecule has 6 heteroatoms. The molecule has 0 unspecified atom stereocenters. The van der Waals surface area contributed by atoms with E-state index in [0.717, 1.165) is 10.9 Å². The number of unbranched alkanes of at least 4 members (excludes halogenated alkanes) is 1.